The molecule has 0 aromatic heterocycles. The van der Waals surface area contributed by atoms with Crippen molar-refractivity contribution in [2.45, 2.75) is 18.7 Å². The number of nitro groups is 1. The molecule has 0 amide bonds. The van der Waals surface area contributed by atoms with Gasteiger partial charge in [-0.15, -0.1) is 0 Å². The molecule has 28 heavy (non-hydrogen) atoms. The van der Waals surface area contributed by atoms with E-state index in [0.717, 1.165) is 16.7 Å². The minimum Gasteiger partial charge on any atom is -0.258 e. The largest absolute Gasteiger partial charge is 0.269 e. The van der Waals surface area contributed by atoms with Crippen LogP contribution in [0.1, 0.15) is 28.3 Å². The van der Waals surface area contributed by atoms with E-state index in [0.29, 0.717) is 5.56 Å². The first-order valence-electron chi connectivity index (χ1n) is 8.69. The second kappa shape index (κ2) is 8.33. The van der Waals surface area contributed by atoms with E-state index in [9.17, 15) is 18.5 Å². The van der Waals surface area contributed by atoms with Crippen molar-refractivity contribution in [2.75, 3.05) is 0 Å². The van der Waals surface area contributed by atoms with Gasteiger partial charge < -0.3 is 0 Å². The van der Waals surface area contributed by atoms with Gasteiger partial charge in [-0.1, -0.05) is 66.7 Å². The summed E-state index contributed by atoms with van der Waals surface area (Å²) < 4.78 is 28.5. The van der Waals surface area contributed by atoms with Gasteiger partial charge in [0.2, 0.25) is 10.0 Å². The number of rotatable bonds is 7. The molecule has 0 saturated carbocycles. The van der Waals surface area contributed by atoms with Crippen molar-refractivity contribution in [3.63, 3.8) is 0 Å². The van der Waals surface area contributed by atoms with E-state index in [1.807, 2.05) is 61.5 Å². The standard InChI is InChI=1S/C21H20N2O4S/c1-16-8-5-6-13-20(16)21(18-10-3-2-4-11-18)22-28(26,27)15-17-9-7-12-19(14-17)23(24)25/h2-14,21-22H,15H2,1H3/t21-/m0/s1. The zero-order valence-electron chi connectivity index (χ0n) is 15.3. The highest BCUT2D eigenvalue weighted by molar-refractivity contribution is 7.88. The van der Waals surface area contributed by atoms with Crippen LogP contribution in [0, 0.1) is 17.0 Å². The number of nitrogens with zero attached hydrogens (tertiary/aromatic N) is 1. The van der Waals surface area contributed by atoms with Gasteiger partial charge in [0.15, 0.2) is 0 Å². The molecule has 0 unspecified atom stereocenters. The highest BCUT2D eigenvalue weighted by Gasteiger charge is 2.23. The maximum Gasteiger partial charge on any atom is 0.269 e. The Hall–Kier alpha value is -3.03. The first-order valence-corrected chi connectivity index (χ1v) is 10.3. The molecular formula is C21H20N2O4S. The van der Waals surface area contributed by atoms with E-state index < -0.39 is 21.0 Å². The summed E-state index contributed by atoms with van der Waals surface area (Å²) in [5.74, 6) is -0.343. The number of benzene rings is 3. The summed E-state index contributed by atoms with van der Waals surface area (Å²) in [5, 5.41) is 10.9. The van der Waals surface area contributed by atoms with Crippen LogP contribution >= 0.6 is 0 Å². The quantitative estimate of drug-likeness (QED) is 0.481. The Kier molecular flexibility index (Phi) is 5.87. The molecule has 1 N–H and O–H groups in total. The molecule has 0 heterocycles. The van der Waals surface area contributed by atoms with Crippen molar-refractivity contribution in [1.29, 1.82) is 0 Å². The normalized spacial score (nSPS) is 12.5. The first-order chi connectivity index (χ1) is 13.4. The number of nitrogens with one attached hydrogen (secondary N) is 1. The van der Waals surface area contributed by atoms with Crippen LogP contribution < -0.4 is 4.72 Å². The summed E-state index contributed by atoms with van der Waals surface area (Å²) in [6, 6.07) is 22.0. The third kappa shape index (κ3) is 4.82. The highest BCUT2D eigenvalue weighted by atomic mass is 32.2. The van der Waals surface area contributed by atoms with Crippen molar-refractivity contribution < 1.29 is 13.3 Å². The van der Waals surface area contributed by atoms with E-state index in [1.54, 1.807) is 6.07 Å². The lowest BCUT2D eigenvalue weighted by Gasteiger charge is -2.21. The van der Waals surface area contributed by atoms with E-state index in [1.165, 1.54) is 18.2 Å². The Balaban J connectivity index is 1.93. The number of non-ortho nitro benzene ring substituents is 1. The molecule has 144 valence electrons. The van der Waals surface area contributed by atoms with Crippen LogP contribution in [-0.4, -0.2) is 13.3 Å². The van der Waals surface area contributed by atoms with Gasteiger partial charge in [-0.2, -0.15) is 0 Å². The number of sulfonamides is 1. The van der Waals surface area contributed by atoms with Gasteiger partial charge in [-0.25, -0.2) is 13.1 Å². The van der Waals surface area contributed by atoms with Crippen LogP contribution in [0.25, 0.3) is 0 Å². The smallest absolute Gasteiger partial charge is 0.258 e. The number of hydrogen-bond acceptors (Lipinski definition) is 4. The molecule has 0 aliphatic heterocycles. The zero-order chi connectivity index (χ0) is 20.1. The van der Waals surface area contributed by atoms with Crippen molar-refractivity contribution in [3.05, 3.63) is 111 Å². The molecule has 0 aliphatic rings. The van der Waals surface area contributed by atoms with Gasteiger partial charge in [0.25, 0.3) is 5.69 Å². The summed E-state index contributed by atoms with van der Waals surface area (Å²) in [6.07, 6.45) is 0. The summed E-state index contributed by atoms with van der Waals surface area (Å²) in [4.78, 5) is 10.4. The van der Waals surface area contributed by atoms with Gasteiger partial charge in [-0.3, -0.25) is 10.1 Å². The van der Waals surface area contributed by atoms with Gasteiger partial charge in [0.05, 0.1) is 16.7 Å². The van der Waals surface area contributed by atoms with Crippen LogP contribution in [-0.2, 0) is 15.8 Å². The van der Waals surface area contributed by atoms with Gasteiger partial charge in [0, 0.05) is 12.1 Å². The van der Waals surface area contributed by atoms with Crippen molar-refractivity contribution in [3.8, 4) is 0 Å². The fraction of sp³-hybridized carbons (Fsp3) is 0.143. The summed E-state index contributed by atoms with van der Waals surface area (Å²) in [7, 11) is -3.76. The Bertz CT molecular complexity index is 1080. The third-order valence-electron chi connectivity index (χ3n) is 4.41. The van der Waals surface area contributed by atoms with Gasteiger partial charge in [-0.05, 0) is 29.2 Å². The second-order valence-corrected chi connectivity index (χ2v) is 8.26. The van der Waals surface area contributed by atoms with E-state index in [4.69, 9.17) is 0 Å². The predicted octanol–water partition coefficient (Wildman–Crippen LogP) is 4.11. The molecule has 0 fully saturated rings. The van der Waals surface area contributed by atoms with Crippen LogP contribution in [0.5, 0.6) is 0 Å². The minimum absolute atomic E-state index is 0.133. The maximum absolute atomic E-state index is 12.9. The summed E-state index contributed by atoms with van der Waals surface area (Å²) in [6.45, 7) is 1.93. The molecule has 3 aromatic carbocycles. The number of hydrogen-bond donors (Lipinski definition) is 1. The average Bonchev–Trinajstić information content (AvgIpc) is 2.67. The molecule has 0 spiro atoms. The molecule has 7 heteroatoms. The molecule has 0 bridgehead atoms. The van der Waals surface area contributed by atoms with Gasteiger partial charge in [0.1, 0.15) is 0 Å². The topological polar surface area (TPSA) is 89.3 Å². The van der Waals surface area contributed by atoms with Crippen LogP contribution in [0.4, 0.5) is 5.69 Å². The summed E-state index contributed by atoms with van der Waals surface area (Å²) >= 11 is 0. The minimum atomic E-state index is -3.76. The zero-order valence-corrected chi connectivity index (χ0v) is 16.1. The van der Waals surface area contributed by atoms with Crippen LogP contribution in [0.2, 0.25) is 0 Å². The molecular weight excluding hydrogens is 376 g/mol. The predicted molar refractivity (Wildman–Crippen MR) is 108 cm³/mol. The van der Waals surface area contributed by atoms with Gasteiger partial charge >= 0.3 is 0 Å². The fourth-order valence-electron chi connectivity index (χ4n) is 3.07. The monoisotopic (exact) mass is 396 g/mol. The Morgan fingerprint density at radius 2 is 1.64 bits per heavy atom. The lowest BCUT2D eigenvalue weighted by molar-refractivity contribution is -0.384. The first kappa shape index (κ1) is 19.7. The molecule has 6 nitrogen and oxygen atoms in total. The van der Waals surface area contributed by atoms with E-state index in [2.05, 4.69) is 4.72 Å². The molecule has 0 radical (unpaired) electrons. The Morgan fingerprint density at radius 1 is 0.964 bits per heavy atom. The molecule has 0 aliphatic carbocycles. The van der Waals surface area contributed by atoms with Crippen molar-refractivity contribution >= 4 is 15.7 Å². The van der Waals surface area contributed by atoms with Crippen LogP contribution in [0.15, 0.2) is 78.9 Å². The molecule has 3 rings (SSSR count). The third-order valence-corrected chi connectivity index (χ3v) is 5.72. The van der Waals surface area contributed by atoms with Crippen molar-refractivity contribution in [1.82, 2.24) is 4.72 Å². The Labute approximate surface area is 164 Å². The van der Waals surface area contributed by atoms with Crippen molar-refractivity contribution in [2.24, 2.45) is 0 Å². The molecule has 0 saturated heterocycles. The Morgan fingerprint density at radius 3 is 2.32 bits per heavy atom. The molecule has 1 atom stereocenters. The summed E-state index contributed by atoms with van der Waals surface area (Å²) in [5.41, 5.74) is 2.87. The van der Waals surface area contributed by atoms with E-state index >= 15 is 0 Å². The average molecular weight is 396 g/mol. The molecule has 3 aromatic rings. The lowest BCUT2D eigenvalue weighted by Crippen LogP contribution is -2.31. The van der Waals surface area contributed by atoms with E-state index in [-0.39, 0.29) is 11.4 Å². The lowest BCUT2D eigenvalue weighted by atomic mass is 9.96. The number of nitro benzene ring substituents is 1. The highest BCUT2D eigenvalue weighted by Crippen LogP contribution is 2.26. The number of aryl methyl sites for hydroxylation is 1. The fourth-order valence-corrected chi connectivity index (χ4v) is 4.39. The maximum atomic E-state index is 12.9. The van der Waals surface area contributed by atoms with Crippen LogP contribution in [0.3, 0.4) is 0 Å². The SMILES string of the molecule is Cc1ccccc1[C@@H](NS(=O)(=O)Cc1cccc([N+](=O)[O-])c1)c1ccccc1. The second-order valence-electron chi connectivity index (χ2n) is 6.50.